The normalized spacial score (nSPS) is 23.6. The summed E-state index contributed by atoms with van der Waals surface area (Å²) in [7, 11) is 0.384. The number of phenolic OH excluding ortho intramolecular Hbond substituents is 1. The van der Waals surface area contributed by atoms with Gasteiger partial charge in [-0.2, -0.15) is 0 Å². The standard InChI is InChI=1S/C33H32BIN2O7/c1-43-28-15-19(14-25(35)31(28)39)13-20(26-9-5-6-12-36-26)10-11-27-29-21(18-38)16-23-30(24(29)17-34(42)44-27)33(41)37(32(23)40)22-7-3-2-4-8-22/h2-9,12-15,23-24,27,30,38-39,42H,10-11,16-18H2,1H3/b20-13-/t23-,24+,27-,30-/m1/s1. The first-order valence-electron chi connectivity index (χ1n) is 14.6. The van der Waals surface area contributed by atoms with Crippen LogP contribution in [0.5, 0.6) is 11.5 Å². The number of anilines is 1. The second-order valence-corrected chi connectivity index (χ2v) is 12.5. The van der Waals surface area contributed by atoms with Crippen LogP contribution in [-0.4, -0.2) is 59.0 Å². The van der Waals surface area contributed by atoms with Crippen LogP contribution in [0, 0.1) is 21.3 Å². The molecule has 2 fully saturated rings. The molecule has 2 aliphatic heterocycles. The number of hydrogen-bond acceptors (Lipinski definition) is 8. The monoisotopic (exact) mass is 706 g/mol. The van der Waals surface area contributed by atoms with Crippen molar-refractivity contribution in [1.82, 2.24) is 4.98 Å². The molecular weight excluding hydrogens is 674 g/mol. The van der Waals surface area contributed by atoms with Gasteiger partial charge in [-0.25, -0.2) is 0 Å². The maximum atomic E-state index is 13.8. The molecule has 226 valence electrons. The van der Waals surface area contributed by atoms with E-state index in [1.54, 1.807) is 36.5 Å². The maximum absolute atomic E-state index is 13.8. The average Bonchev–Trinajstić information content (AvgIpc) is 3.29. The van der Waals surface area contributed by atoms with E-state index in [2.05, 4.69) is 27.6 Å². The van der Waals surface area contributed by atoms with Gasteiger partial charge < -0.3 is 24.6 Å². The number of aliphatic hydroxyl groups excluding tert-OH is 1. The van der Waals surface area contributed by atoms with E-state index in [4.69, 9.17) is 9.39 Å². The zero-order chi connectivity index (χ0) is 31.0. The van der Waals surface area contributed by atoms with Gasteiger partial charge in [0, 0.05) is 6.20 Å². The molecule has 1 aromatic heterocycles. The van der Waals surface area contributed by atoms with Crippen LogP contribution in [0.15, 0.2) is 78.0 Å². The topological polar surface area (TPSA) is 129 Å². The minimum atomic E-state index is -1.12. The van der Waals surface area contributed by atoms with E-state index in [0.717, 1.165) is 22.4 Å². The third kappa shape index (κ3) is 5.69. The van der Waals surface area contributed by atoms with Gasteiger partial charge in [0.15, 0.2) is 11.5 Å². The lowest BCUT2D eigenvalue weighted by molar-refractivity contribution is -0.122. The fourth-order valence-electron chi connectivity index (χ4n) is 6.89. The number of benzene rings is 2. The van der Waals surface area contributed by atoms with Crippen molar-refractivity contribution < 1.29 is 34.2 Å². The Bertz CT molecular complexity index is 1630. The van der Waals surface area contributed by atoms with Gasteiger partial charge in [0.25, 0.3) is 0 Å². The number of carbonyl (C=O) groups excluding carboxylic acids is 2. The predicted molar refractivity (Wildman–Crippen MR) is 175 cm³/mol. The highest BCUT2D eigenvalue weighted by Gasteiger charge is 2.57. The summed E-state index contributed by atoms with van der Waals surface area (Å²) in [4.78, 5) is 33.2. The van der Waals surface area contributed by atoms with Gasteiger partial charge in [-0.3, -0.25) is 19.5 Å². The highest BCUT2D eigenvalue weighted by molar-refractivity contribution is 14.1. The largest absolute Gasteiger partial charge is 0.504 e. The van der Waals surface area contributed by atoms with E-state index in [1.807, 2.05) is 36.4 Å². The quantitative estimate of drug-likeness (QED) is 0.133. The number of aliphatic hydroxyl groups is 1. The lowest BCUT2D eigenvalue weighted by atomic mass is 9.58. The van der Waals surface area contributed by atoms with Crippen molar-refractivity contribution in [2.75, 3.05) is 18.6 Å². The zero-order valence-corrected chi connectivity index (χ0v) is 26.3. The summed E-state index contributed by atoms with van der Waals surface area (Å²) < 4.78 is 12.1. The van der Waals surface area contributed by atoms with Gasteiger partial charge in [-0.15, -0.1) is 0 Å². The minimum absolute atomic E-state index is 0.0742. The highest BCUT2D eigenvalue weighted by atomic mass is 127. The van der Waals surface area contributed by atoms with E-state index >= 15 is 0 Å². The number of aromatic hydroxyl groups is 1. The number of amides is 2. The van der Waals surface area contributed by atoms with Gasteiger partial charge in [0.2, 0.25) is 11.8 Å². The second kappa shape index (κ2) is 12.8. The molecule has 44 heavy (non-hydrogen) atoms. The number of ether oxygens (including phenoxy) is 1. The molecule has 4 atom stereocenters. The molecule has 3 heterocycles. The molecule has 1 aliphatic carbocycles. The number of carbonyl (C=O) groups is 2. The van der Waals surface area contributed by atoms with Crippen LogP contribution in [0.1, 0.15) is 30.5 Å². The first-order chi connectivity index (χ1) is 21.3. The number of hydrogen-bond donors (Lipinski definition) is 3. The third-order valence-electron chi connectivity index (χ3n) is 8.79. The minimum Gasteiger partial charge on any atom is -0.504 e. The number of para-hydroxylation sites is 1. The van der Waals surface area contributed by atoms with Crippen LogP contribution in [0.2, 0.25) is 6.32 Å². The van der Waals surface area contributed by atoms with Crippen molar-refractivity contribution in [3.05, 3.63) is 92.8 Å². The number of halogens is 1. The maximum Gasteiger partial charge on any atom is 0.455 e. The summed E-state index contributed by atoms with van der Waals surface area (Å²) in [6.07, 6.45) is 4.53. The lowest BCUT2D eigenvalue weighted by Gasteiger charge is -2.42. The molecule has 3 aliphatic rings. The van der Waals surface area contributed by atoms with E-state index < -0.39 is 31.0 Å². The van der Waals surface area contributed by atoms with Gasteiger partial charge >= 0.3 is 7.12 Å². The van der Waals surface area contributed by atoms with Crippen molar-refractivity contribution in [3.63, 3.8) is 0 Å². The average molecular weight is 706 g/mol. The van der Waals surface area contributed by atoms with Crippen LogP contribution in [0.25, 0.3) is 11.6 Å². The first kappa shape index (κ1) is 30.5. The second-order valence-electron chi connectivity index (χ2n) is 11.3. The number of imide groups is 1. The Labute approximate surface area is 269 Å². The number of fused-ring (bicyclic) bond motifs is 3. The van der Waals surface area contributed by atoms with E-state index in [9.17, 15) is 24.8 Å². The third-order valence-corrected chi connectivity index (χ3v) is 9.62. The molecule has 3 N–H and O–H groups in total. The Morgan fingerprint density at radius 2 is 1.91 bits per heavy atom. The number of allylic oxidation sites excluding steroid dienone is 1. The SMILES string of the molecule is COc1cc(/C=C(/CC[C@H]2OB(O)C[C@H]3C2=C(CO)C[C@H]2C(=O)N(c4ccccc4)C(=O)[C@H]23)c2ccccn2)cc(I)c1O. The highest BCUT2D eigenvalue weighted by Crippen LogP contribution is 2.51. The van der Waals surface area contributed by atoms with Crippen LogP contribution in [0.3, 0.4) is 0 Å². The Morgan fingerprint density at radius 1 is 1.14 bits per heavy atom. The molecule has 2 amide bonds. The van der Waals surface area contributed by atoms with Gasteiger partial charge in [0.1, 0.15) is 0 Å². The van der Waals surface area contributed by atoms with Crippen molar-refractivity contribution in [1.29, 1.82) is 0 Å². The first-order valence-corrected chi connectivity index (χ1v) is 15.7. The molecule has 9 nitrogen and oxygen atoms in total. The predicted octanol–water partition coefficient (Wildman–Crippen LogP) is 4.72. The molecule has 6 rings (SSSR count). The number of methoxy groups -OCH3 is 1. The summed E-state index contributed by atoms with van der Waals surface area (Å²) in [6, 6.07) is 18.2. The fourth-order valence-corrected chi connectivity index (χ4v) is 7.51. The van der Waals surface area contributed by atoms with Crippen molar-refractivity contribution >= 4 is 58.9 Å². The van der Waals surface area contributed by atoms with Gasteiger partial charge in [-0.1, -0.05) is 24.3 Å². The van der Waals surface area contributed by atoms with Crippen LogP contribution in [0.4, 0.5) is 5.69 Å². The molecule has 2 saturated heterocycles. The molecule has 2 aromatic carbocycles. The molecule has 0 spiro atoms. The molecule has 0 unspecified atom stereocenters. The van der Waals surface area contributed by atoms with E-state index in [0.29, 0.717) is 33.4 Å². The fraction of sp³-hybridized carbons (Fsp3) is 0.303. The molecule has 0 radical (unpaired) electrons. The van der Waals surface area contributed by atoms with Crippen molar-refractivity contribution in [2.24, 2.45) is 17.8 Å². The van der Waals surface area contributed by atoms with Crippen LogP contribution >= 0.6 is 22.6 Å². The summed E-state index contributed by atoms with van der Waals surface area (Å²) in [5, 5.41) is 31.7. The van der Waals surface area contributed by atoms with Crippen LogP contribution in [-0.2, 0) is 14.2 Å². The van der Waals surface area contributed by atoms with Crippen molar-refractivity contribution in [2.45, 2.75) is 31.7 Å². The molecule has 3 aromatic rings. The summed E-state index contributed by atoms with van der Waals surface area (Å²) in [6.45, 7) is -0.257. The molecular formula is C33H32BIN2O7. The Kier molecular flexibility index (Phi) is 8.90. The van der Waals surface area contributed by atoms with E-state index in [1.165, 1.54) is 12.0 Å². The molecule has 11 heteroatoms. The zero-order valence-electron chi connectivity index (χ0n) is 24.1. The number of aromatic nitrogens is 1. The van der Waals surface area contributed by atoms with Gasteiger partial charge in [0.05, 0.1) is 46.6 Å². The Morgan fingerprint density at radius 3 is 2.61 bits per heavy atom. The Hall–Kier alpha value is -3.52. The lowest BCUT2D eigenvalue weighted by Crippen LogP contribution is -2.46. The summed E-state index contributed by atoms with van der Waals surface area (Å²) in [5.41, 5.74) is 4.52. The number of rotatable bonds is 8. The summed E-state index contributed by atoms with van der Waals surface area (Å²) >= 11 is 2.06. The summed E-state index contributed by atoms with van der Waals surface area (Å²) in [5.74, 6) is -1.77. The van der Waals surface area contributed by atoms with Crippen LogP contribution < -0.4 is 9.64 Å². The molecule has 0 bridgehead atoms. The number of phenols is 1. The number of nitrogens with zero attached hydrogens (tertiary/aromatic N) is 2. The van der Waals surface area contributed by atoms with Crippen molar-refractivity contribution in [3.8, 4) is 11.5 Å². The van der Waals surface area contributed by atoms with Gasteiger partial charge in [-0.05, 0) is 119 Å². The molecule has 0 saturated carbocycles. The van der Waals surface area contributed by atoms with E-state index in [-0.39, 0.29) is 36.9 Å². The Balaban J connectivity index is 1.32. The smallest absolute Gasteiger partial charge is 0.455 e. The number of pyridine rings is 1.